The number of aliphatic hydroxyl groups excluding tert-OH is 1. The van der Waals surface area contributed by atoms with Gasteiger partial charge in [-0.25, -0.2) is 0 Å². The molecule has 0 aromatic carbocycles. The van der Waals surface area contributed by atoms with E-state index in [2.05, 4.69) is 22.0 Å². The van der Waals surface area contributed by atoms with Crippen molar-refractivity contribution in [2.24, 2.45) is 5.92 Å². The van der Waals surface area contributed by atoms with Crippen molar-refractivity contribution in [1.82, 2.24) is 10.2 Å². The second kappa shape index (κ2) is 5.25. The third kappa shape index (κ3) is 2.50. The first kappa shape index (κ1) is 11.3. The van der Waals surface area contributed by atoms with Gasteiger partial charge in [0.25, 0.3) is 0 Å². The summed E-state index contributed by atoms with van der Waals surface area (Å²) in [5, 5.41) is 17.0. The molecule has 1 saturated heterocycles. The van der Waals surface area contributed by atoms with Crippen molar-refractivity contribution in [2.45, 2.75) is 32.8 Å². The monoisotopic (exact) mass is 221 g/mol. The number of aliphatic hydroxyl groups is 1. The van der Waals surface area contributed by atoms with E-state index < -0.39 is 0 Å². The van der Waals surface area contributed by atoms with Crippen LogP contribution in [-0.4, -0.2) is 28.4 Å². The van der Waals surface area contributed by atoms with Crippen LogP contribution in [0.3, 0.4) is 0 Å². The van der Waals surface area contributed by atoms with E-state index in [1.165, 1.54) is 19.3 Å². The molecule has 2 heterocycles. The summed E-state index contributed by atoms with van der Waals surface area (Å²) in [6, 6.07) is 3.80. The van der Waals surface area contributed by atoms with Crippen LogP contribution in [-0.2, 0) is 6.61 Å². The van der Waals surface area contributed by atoms with Crippen LogP contribution in [0.15, 0.2) is 12.1 Å². The number of anilines is 1. The number of rotatable bonds is 3. The molecule has 0 radical (unpaired) electrons. The average Bonchev–Trinajstić information content (AvgIpc) is 2.39. The van der Waals surface area contributed by atoms with Crippen LogP contribution >= 0.6 is 0 Å². The smallest absolute Gasteiger partial charge is 0.151 e. The molecular formula is C12H19N3O. The van der Waals surface area contributed by atoms with Crippen molar-refractivity contribution in [3.05, 3.63) is 17.8 Å². The topological polar surface area (TPSA) is 49.2 Å². The minimum atomic E-state index is -0.0368. The fraction of sp³-hybridized carbons (Fsp3) is 0.667. The van der Waals surface area contributed by atoms with Gasteiger partial charge in [-0.15, -0.1) is 5.10 Å². The highest BCUT2D eigenvalue weighted by Gasteiger charge is 2.19. The highest BCUT2D eigenvalue weighted by molar-refractivity contribution is 5.37. The summed E-state index contributed by atoms with van der Waals surface area (Å²) in [4.78, 5) is 2.30. The summed E-state index contributed by atoms with van der Waals surface area (Å²) in [6.07, 6.45) is 3.80. The standard InChI is InChI=1S/C12H19N3O/c1-2-10-4-3-7-15(8-10)12-6-5-11(9-16)13-14-12/h5-6,10,16H,2-4,7-9H2,1H3. The molecule has 0 amide bonds. The molecule has 0 spiro atoms. The van der Waals surface area contributed by atoms with Gasteiger partial charge in [0.05, 0.1) is 12.3 Å². The van der Waals surface area contributed by atoms with Gasteiger partial charge in [-0.1, -0.05) is 13.3 Å². The molecule has 1 fully saturated rings. The van der Waals surface area contributed by atoms with E-state index in [4.69, 9.17) is 5.11 Å². The highest BCUT2D eigenvalue weighted by Crippen LogP contribution is 2.22. The van der Waals surface area contributed by atoms with E-state index in [9.17, 15) is 0 Å². The van der Waals surface area contributed by atoms with Crippen molar-refractivity contribution in [3.63, 3.8) is 0 Å². The van der Waals surface area contributed by atoms with Gasteiger partial charge >= 0.3 is 0 Å². The zero-order chi connectivity index (χ0) is 11.4. The van der Waals surface area contributed by atoms with E-state index in [-0.39, 0.29) is 6.61 Å². The predicted octanol–water partition coefficient (Wildman–Crippen LogP) is 1.60. The minimum absolute atomic E-state index is 0.0368. The first-order chi connectivity index (χ1) is 7.83. The SMILES string of the molecule is CCC1CCCN(c2ccc(CO)nn2)C1. The molecule has 4 heteroatoms. The van der Waals surface area contributed by atoms with Crippen LogP contribution in [0, 0.1) is 5.92 Å². The zero-order valence-electron chi connectivity index (χ0n) is 9.76. The number of hydrogen-bond donors (Lipinski definition) is 1. The van der Waals surface area contributed by atoms with Crippen LogP contribution in [0.4, 0.5) is 5.82 Å². The van der Waals surface area contributed by atoms with Crippen LogP contribution in [0.1, 0.15) is 31.9 Å². The molecule has 16 heavy (non-hydrogen) atoms. The summed E-state index contributed by atoms with van der Waals surface area (Å²) >= 11 is 0. The average molecular weight is 221 g/mol. The Morgan fingerprint density at radius 2 is 2.31 bits per heavy atom. The van der Waals surface area contributed by atoms with E-state index in [0.29, 0.717) is 5.69 Å². The van der Waals surface area contributed by atoms with E-state index in [1.54, 1.807) is 0 Å². The molecule has 0 saturated carbocycles. The molecule has 1 aromatic heterocycles. The second-order valence-electron chi connectivity index (χ2n) is 4.40. The number of piperidine rings is 1. The Hall–Kier alpha value is -1.16. The quantitative estimate of drug-likeness (QED) is 0.842. The molecule has 0 aliphatic carbocycles. The highest BCUT2D eigenvalue weighted by atomic mass is 16.3. The van der Waals surface area contributed by atoms with Crippen LogP contribution in [0.25, 0.3) is 0 Å². The van der Waals surface area contributed by atoms with E-state index in [0.717, 1.165) is 24.8 Å². The van der Waals surface area contributed by atoms with Gasteiger partial charge in [0.2, 0.25) is 0 Å². The van der Waals surface area contributed by atoms with Gasteiger partial charge in [-0.05, 0) is 30.9 Å². The third-order valence-electron chi connectivity index (χ3n) is 3.29. The number of nitrogens with zero attached hydrogens (tertiary/aromatic N) is 3. The molecule has 1 unspecified atom stereocenters. The summed E-state index contributed by atoms with van der Waals surface area (Å²) in [6.45, 7) is 4.37. The number of aromatic nitrogens is 2. The summed E-state index contributed by atoms with van der Waals surface area (Å²) < 4.78 is 0. The van der Waals surface area contributed by atoms with Gasteiger partial charge in [-0.3, -0.25) is 0 Å². The Bertz CT molecular complexity index is 326. The lowest BCUT2D eigenvalue weighted by molar-refractivity contribution is 0.275. The van der Waals surface area contributed by atoms with Crippen molar-refractivity contribution < 1.29 is 5.11 Å². The maximum Gasteiger partial charge on any atom is 0.151 e. The van der Waals surface area contributed by atoms with Gasteiger partial charge in [0, 0.05) is 13.1 Å². The summed E-state index contributed by atoms with van der Waals surface area (Å²) in [5.74, 6) is 1.73. The zero-order valence-corrected chi connectivity index (χ0v) is 9.76. The fourth-order valence-corrected chi connectivity index (χ4v) is 2.21. The lowest BCUT2D eigenvalue weighted by Gasteiger charge is -2.32. The Morgan fingerprint density at radius 1 is 1.44 bits per heavy atom. The summed E-state index contributed by atoms with van der Waals surface area (Å²) in [7, 11) is 0. The fourth-order valence-electron chi connectivity index (χ4n) is 2.21. The first-order valence-corrected chi connectivity index (χ1v) is 6.02. The molecule has 1 aromatic rings. The van der Waals surface area contributed by atoms with Crippen molar-refractivity contribution in [3.8, 4) is 0 Å². The van der Waals surface area contributed by atoms with Crippen molar-refractivity contribution in [2.75, 3.05) is 18.0 Å². The molecule has 1 atom stereocenters. The van der Waals surface area contributed by atoms with Crippen LogP contribution < -0.4 is 4.90 Å². The first-order valence-electron chi connectivity index (χ1n) is 6.02. The Balaban J connectivity index is 2.05. The molecule has 1 N–H and O–H groups in total. The van der Waals surface area contributed by atoms with Crippen molar-refractivity contribution >= 4 is 5.82 Å². The predicted molar refractivity (Wildman–Crippen MR) is 63.2 cm³/mol. The van der Waals surface area contributed by atoms with Gasteiger partial charge in [0.15, 0.2) is 5.82 Å². The minimum Gasteiger partial charge on any atom is -0.390 e. The number of hydrogen-bond acceptors (Lipinski definition) is 4. The maximum atomic E-state index is 8.90. The van der Waals surface area contributed by atoms with Crippen LogP contribution in [0.5, 0.6) is 0 Å². The molecule has 1 aliphatic rings. The van der Waals surface area contributed by atoms with E-state index in [1.807, 2.05) is 12.1 Å². The van der Waals surface area contributed by atoms with Crippen LogP contribution in [0.2, 0.25) is 0 Å². The Morgan fingerprint density at radius 3 is 2.94 bits per heavy atom. The molecule has 1 aliphatic heterocycles. The molecule has 4 nitrogen and oxygen atoms in total. The summed E-state index contributed by atoms with van der Waals surface area (Å²) in [5.41, 5.74) is 0.632. The molecular weight excluding hydrogens is 202 g/mol. The van der Waals surface area contributed by atoms with Gasteiger partial charge in [0.1, 0.15) is 0 Å². The lowest BCUT2D eigenvalue weighted by atomic mass is 9.96. The Kier molecular flexibility index (Phi) is 3.72. The van der Waals surface area contributed by atoms with Crippen molar-refractivity contribution in [1.29, 1.82) is 0 Å². The lowest BCUT2D eigenvalue weighted by Crippen LogP contribution is -2.35. The van der Waals surface area contributed by atoms with Gasteiger partial charge in [-0.2, -0.15) is 5.10 Å². The second-order valence-corrected chi connectivity index (χ2v) is 4.40. The molecule has 2 rings (SSSR count). The van der Waals surface area contributed by atoms with Gasteiger partial charge < -0.3 is 10.0 Å². The maximum absolute atomic E-state index is 8.90. The Labute approximate surface area is 96.3 Å². The van der Waals surface area contributed by atoms with E-state index >= 15 is 0 Å². The molecule has 88 valence electrons. The normalized spacial score (nSPS) is 21.1. The molecule has 0 bridgehead atoms. The third-order valence-corrected chi connectivity index (χ3v) is 3.29. The largest absolute Gasteiger partial charge is 0.390 e.